The zero-order valence-corrected chi connectivity index (χ0v) is 35.4. The fraction of sp³-hybridized carbons (Fsp3) is 0.609. The number of benzene rings is 2. The van der Waals surface area contributed by atoms with Gasteiger partial charge in [0.2, 0.25) is 0 Å². The van der Waals surface area contributed by atoms with Crippen LogP contribution in [0.2, 0.25) is 0 Å². The smallest absolute Gasteiger partial charge is 0.158 e. The van der Waals surface area contributed by atoms with Crippen LogP contribution in [-0.2, 0) is 47.5 Å². The van der Waals surface area contributed by atoms with Crippen LogP contribution in [0.3, 0.4) is 0 Å². The van der Waals surface area contributed by atoms with Gasteiger partial charge in [-0.05, 0) is 60.4 Å². The Balaban J connectivity index is 0.778. The molecule has 16 nitrogen and oxygen atoms in total. The lowest BCUT2D eigenvalue weighted by Crippen LogP contribution is -2.62. The van der Waals surface area contributed by atoms with Gasteiger partial charge < -0.3 is 67.8 Å². The number of aliphatic hydroxyl groups excluding tert-OH is 4. The van der Waals surface area contributed by atoms with Crippen molar-refractivity contribution in [3.05, 3.63) is 71.8 Å². The van der Waals surface area contributed by atoms with Crippen LogP contribution in [0.1, 0.15) is 63.5 Å². The number of allylic oxidation sites excluding steroid dienone is 2. The Hall–Kier alpha value is -3.62. The number of aliphatic hydroxyl groups is 4. The topological polar surface area (TPSA) is 207 Å². The van der Waals surface area contributed by atoms with E-state index in [1.54, 1.807) is 36.4 Å². The van der Waals surface area contributed by atoms with Gasteiger partial charge in [-0.3, -0.25) is 9.59 Å². The predicted octanol–water partition coefficient (Wildman–Crippen LogP) is 3.18. The van der Waals surface area contributed by atoms with Crippen molar-refractivity contribution in [2.75, 3.05) is 52.9 Å². The van der Waals surface area contributed by atoms with Crippen molar-refractivity contribution in [2.45, 2.75) is 126 Å². The molecule has 2 unspecified atom stereocenters. The Labute approximate surface area is 362 Å². The summed E-state index contributed by atoms with van der Waals surface area (Å²) >= 11 is 0. The molecule has 0 saturated carbocycles. The molecule has 0 spiro atoms. The largest absolute Gasteiger partial charge is 0.491 e. The van der Waals surface area contributed by atoms with Gasteiger partial charge in [0.25, 0.3) is 0 Å². The summed E-state index contributed by atoms with van der Waals surface area (Å²) in [6, 6.07) is 14.5. The molecular weight excluding hydrogens is 808 g/mol. The van der Waals surface area contributed by atoms with Crippen LogP contribution in [0.15, 0.2) is 60.7 Å². The quantitative estimate of drug-likeness (QED) is 0.0935. The summed E-state index contributed by atoms with van der Waals surface area (Å²) in [6.45, 7) is 6.69. The molecule has 62 heavy (non-hydrogen) atoms. The molecule has 0 bridgehead atoms. The molecule has 2 aromatic rings. The molecule has 16 heteroatoms. The van der Waals surface area contributed by atoms with Crippen LogP contribution in [0.4, 0.5) is 0 Å². The summed E-state index contributed by atoms with van der Waals surface area (Å²) in [6.07, 6.45) is -0.879. The first kappa shape index (κ1) is 47.8. The van der Waals surface area contributed by atoms with Gasteiger partial charge in [-0.15, -0.1) is 0 Å². The SMILES string of the molecule is CCCC1OC[C@H]2O[C@@H](CC(=O)/C=C/c3ccc(OCCOCCOCCOc4ccc(/C=C/C(=O)C[C@@H]5O[C@@H]6COC(CCC)O[C@H]6[C@H](O)[C@H]5O)cc4)cc3)[C@H](O)[C@@H](O)[C@@H]2O1. The van der Waals surface area contributed by atoms with Crippen molar-refractivity contribution in [3.63, 3.8) is 0 Å². The Bertz CT molecular complexity index is 1590. The van der Waals surface area contributed by atoms with E-state index in [0.29, 0.717) is 64.0 Å². The van der Waals surface area contributed by atoms with E-state index in [9.17, 15) is 30.0 Å². The Kier molecular flexibility index (Phi) is 18.9. The number of ether oxygens (including phenoxy) is 10. The third kappa shape index (κ3) is 13.9. The summed E-state index contributed by atoms with van der Waals surface area (Å²) in [7, 11) is 0. The molecule has 4 aliphatic heterocycles. The minimum atomic E-state index is -1.25. The van der Waals surface area contributed by atoms with E-state index in [1.165, 1.54) is 12.2 Å². The number of ketones is 2. The average molecular weight is 871 g/mol. The maximum atomic E-state index is 12.7. The number of hydrogen-bond acceptors (Lipinski definition) is 16. The number of hydrogen-bond donors (Lipinski definition) is 4. The van der Waals surface area contributed by atoms with E-state index in [1.807, 2.05) is 38.1 Å². The molecule has 4 fully saturated rings. The summed E-state index contributed by atoms with van der Waals surface area (Å²) in [5.74, 6) is 0.808. The van der Waals surface area contributed by atoms with Crippen molar-refractivity contribution in [1.82, 2.24) is 0 Å². The van der Waals surface area contributed by atoms with Crippen molar-refractivity contribution >= 4 is 23.7 Å². The van der Waals surface area contributed by atoms with Crippen LogP contribution in [0, 0.1) is 0 Å². The normalized spacial score (nSPS) is 31.1. The molecule has 4 aliphatic rings. The van der Waals surface area contributed by atoms with Crippen LogP contribution < -0.4 is 9.47 Å². The maximum Gasteiger partial charge on any atom is 0.158 e. The first-order chi connectivity index (χ1) is 30.1. The molecular formula is C46H62O16. The lowest BCUT2D eigenvalue weighted by molar-refractivity contribution is -0.325. The van der Waals surface area contributed by atoms with Gasteiger partial charge in [0, 0.05) is 12.8 Å². The second kappa shape index (κ2) is 24.4. The monoisotopic (exact) mass is 870 g/mol. The van der Waals surface area contributed by atoms with Gasteiger partial charge in [-0.1, -0.05) is 63.1 Å². The van der Waals surface area contributed by atoms with E-state index in [-0.39, 0.29) is 37.6 Å². The highest BCUT2D eigenvalue weighted by atomic mass is 16.7. The van der Waals surface area contributed by atoms with E-state index in [4.69, 9.17) is 47.4 Å². The van der Waals surface area contributed by atoms with Gasteiger partial charge in [-0.25, -0.2) is 0 Å². The first-order valence-electron chi connectivity index (χ1n) is 21.7. The molecule has 342 valence electrons. The van der Waals surface area contributed by atoms with Crippen molar-refractivity contribution in [3.8, 4) is 11.5 Å². The summed E-state index contributed by atoms with van der Waals surface area (Å²) in [5.41, 5.74) is 1.58. The van der Waals surface area contributed by atoms with Crippen LogP contribution in [-0.4, -0.2) is 158 Å². The highest BCUT2D eigenvalue weighted by Gasteiger charge is 2.50. The molecule has 12 atom stereocenters. The van der Waals surface area contributed by atoms with Crippen LogP contribution >= 0.6 is 0 Å². The standard InChI is InChI=1S/C46H62O16/c1-3-5-39-57-27-37-45(61-39)43(51)41(49)35(59-37)25-31(47)13-7-29-9-15-33(16-10-29)55-23-21-53-19-20-54-22-24-56-34-17-11-30(12-18-34)8-14-32(48)26-36-42(50)44(52)46-38(60-36)28-58-40(62-46)6-4-2/h7-18,35-46,49-52H,3-6,19-28H2,1-2H3/b13-7+,14-8+/t35-,36-,37+,38+,39?,40?,41-,42-,43+,44+,45+,46+/m0/s1. The highest BCUT2D eigenvalue weighted by molar-refractivity contribution is 5.94. The van der Waals surface area contributed by atoms with Gasteiger partial charge in [-0.2, -0.15) is 0 Å². The first-order valence-corrected chi connectivity index (χ1v) is 21.7. The molecule has 4 N–H and O–H groups in total. The van der Waals surface area contributed by atoms with Crippen LogP contribution in [0.25, 0.3) is 12.2 Å². The predicted molar refractivity (Wildman–Crippen MR) is 223 cm³/mol. The van der Waals surface area contributed by atoms with Crippen molar-refractivity contribution in [1.29, 1.82) is 0 Å². The van der Waals surface area contributed by atoms with Gasteiger partial charge in [0.15, 0.2) is 24.1 Å². The van der Waals surface area contributed by atoms with Crippen molar-refractivity contribution < 1.29 is 77.4 Å². The molecule has 0 aliphatic carbocycles. The second-order valence-electron chi connectivity index (χ2n) is 15.8. The van der Waals surface area contributed by atoms with Gasteiger partial charge in [0.05, 0.1) is 51.8 Å². The number of rotatable bonds is 23. The maximum absolute atomic E-state index is 12.7. The van der Waals surface area contributed by atoms with E-state index < -0.39 is 73.6 Å². The fourth-order valence-electron chi connectivity index (χ4n) is 7.60. The Morgan fingerprint density at radius 3 is 1.34 bits per heavy atom. The van der Waals surface area contributed by atoms with Gasteiger partial charge in [0.1, 0.15) is 73.5 Å². The van der Waals surface area contributed by atoms with E-state index >= 15 is 0 Å². The molecule has 2 aromatic carbocycles. The molecule has 0 amide bonds. The van der Waals surface area contributed by atoms with Crippen molar-refractivity contribution in [2.24, 2.45) is 0 Å². The summed E-state index contributed by atoms with van der Waals surface area (Å²) in [4.78, 5) is 25.4. The average Bonchev–Trinajstić information content (AvgIpc) is 3.28. The zero-order valence-electron chi connectivity index (χ0n) is 35.4. The third-order valence-electron chi connectivity index (χ3n) is 11.0. The van der Waals surface area contributed by atoms with E-state index in [0.717, 1.165) is 24.0 Å². The second-order valence-corrected chi connectivity index (χ2v) is 15.8. The lowest BCUT2D eigenvalue weighted by atomic mass is 9.91. The molecule has 0 radical (unpaired) electrons. The van der Waals surface area contributed by atoms with Crippen LogP contribution in [0.5, 0.6) is 11.5 Å². The number of carbonyl (C=O) groups is 2. The number of fused-ring (bicyclic) bond motifs is 2. The fourth-order valence-corrected chi connectivity index (χ4v) is 7.60. The molecule has 4 saturated heterocycles. The number of carbonyl (C=O) groups excluding carboxylic acids is 2. The van der Waals surface area contributed by atoms with Gasteiger partial charge >= 0.3 is 0 Å². The Morgan fingerprint density at radius 1 is 0.565 bits per heavy atom. The minimum absolute atomic E-state index is 0.0913. The molecule has 0 aromatic heterocycles. The minimum Gasteiger partial charge on any atom is -0.491 e. The third-order valence-corrected chi connectivity index (χ3v) is 11.0. The molecule has 4 heterocycles. The highest BCUT2D eigenvalue weighted by Crippen LogP contribution is 2.32. The van der Waals surface area contributed by atoms with E-state index in [2.05, 4.69) is 0 Å². The molecule has 6 rings (SSSR count). The zero-order chi connectivity index (χ0) is 43.8. The summed E-state index contributed by atoms with van der Waals surface area (Å²) in [5, 5.41) is 42.5. The summed E-state index contributed by atoms with van der Waals surface area (Å²) < 4.78 is 57.4. The lowest BCUT2D eigenvalue weighted by Gasteiger charge is -2.46. The Morgan fingerprint density at radius 2 is 0.952 bits per heavy atom.